The highest BCUT2D eigenvalue weighted by atomic mass is 31.2. The van der Waals surface area contributed by atoms with Gasteiger partial charge >= 0.3 is 19.8 Å². The molecule has 0 spiro atoms. The fraction of sp³-hybridized carbons (Fsp3) is 0.911. The molecule has 0 aliphatic heterocycles. The van der Waals surface area contributed by atoms with E-state index in [0.717, 1.165) is 70.6 Å². The summed E-state index contributed by atoms with van der Waals surface area (Å²) in [6.45, 7) is 5.60. The number of amides is 3. The third-order valence-electron chi connectivity index (χ3n) is 13.4. The number of ether oxygens (including phenoxy) is 2. The molecule has 74 heavy (non-hydrogen) atoms. The van der Waals surface area contributed by atoms with Gasteiger partial charge in [-0.25, -0.2) is 4.57 Å². The van der Waals surface area contributed by atoms with Gasteiger partial charge in [0.1, 0.15) is 18.8 Å². The van der Waals surface area contributed by atoms with Crippen molar-refractivity contribution in [2.75, 3.05) is 26.4 Å². The van der Waals surface area contributed by atoms with Crippen molar-refractivity contribution in [1.82, 2.24) is 16.0 Å². The van der Waals surface area contributed by atoms with Crippen LogP contribution in [0.25, 0.3) is 0 Å². The zero-order valence-corrected chi connectivity index (χ0v) is 47.5. The van der Waals surface area contributed by atoms with Crippen LogP contribution < -0.4 is 16.0 Å². The third kappa shape index (κ3) is 47.8. The molecule has 0 aromatic carbocycles. The van der Waals surface area contributed by atoms with Crippen molar-refractivity contribution in [3.05, 3.63) is 0 Å². The second kappa shape index (κ2) is 49.9. The van der Waals surface area contributed by atoms with Gasteiger partial charge in [0.25, 0.3) is 0 Å². The molecule has 0 aliphatic rings. The molecule has 0 bridgehead atoms. The average molecular weight is 1080 g/mol. The van der Waals surface area contributed by atoms with Crippen LogP contribution in [0.3, 0.4) is 0 Å². The number of carbonyl (C=O) groups is 5. The number of rotatable bonds is 54. The van der Waals surface area contributed by atoms with Crippen LogP contribution in [-0.4, -0.2) is 112 Å². The van der Waals surface area contributed by atoms with Crippen LogP contribution >= 0.6 is 7.82 Å². The van der Waals surface area contributed by atoms with Gasteiger partial charge in [0.2, 0.25) is 17.7 Å². The lowest BCUT2D eigenvalue weighted by Gasteiger charge is -2.22. The van der Waals surface area contributed by atoms with Crippen molar-refractivity contribution in [1.29, 1.82) is 0 Å². The molecule has 8 N–H and O–H groups in total. The molecule has 0 fully saturated rings. The van der Waals surface area contributed by atoms with Gasteiger partial charge < -0.3 is 50.5 Å². The Hall–Kier alpha value is -2.66. The highest BCUT2D eigenvalue weighted by Gasteiger charge is 2.26. The minimum Gasteiger partial charge on any atom is -0.463 e. The largest absolute Gasteiger partial charge is 0.469 e. The highest BCUT2D eigenvalue weighted by Crippen LogP contribution is 2.35. The first-order valence-corrected chi connectivity index (χ1v) is 31.0. The third-order valence-corrected chi connectivity index (χ3v) is 13.9. The lowest BCUT2D eigenvalue weighted by atomic mass is 10.0. The second-order valence-electron chi connectivity index (χ2n) is 20.7. The Bertz CT molecular complexity index is 1440. The fourth-order valence-electron chi connectivity index (χ4n) is 8.91. The van der Waals surface area contributed by atoms with Crippen molar-refractivity contribution >= 4 is 37.5 Å². The molecular formula is C56H108N3O14P. The van der Waals surface area contributed by atoms with Gasteiger partial charge in [0.15, 0.2) is 0 Å². The molecule has 18 heteroatoms. The van der Waals surface area contributed by atoms with Gasteiger partial charge in [-0.2, -0.15) is 0 Å². The van der Waals surface area contributed by atoms with Gasteiger partial charge in [-0.15, -0.1) is 0 Å². The average Bonchev–Trinajstić information content (AvgIpc) is 3.35. The van der Waals surface area contributed by atoms with Crippen LogP contribution in [0, 0.1) is 0 Å². The number of carbonyl (C=O) groups excluding carboxylic acids is 5. The monoisotopic (exact) mass is 1080 g/mol. The summed E-state index contributed by atoms with van der Waals surface area (Å²) in [5, 5.41) is 37.6. The van der Waals surface area contributed by atoms with Gasteiger partial charge in [-0.05, 0) is 51.4 Å². The van der Waals surface area contributed by atoms with E-state index in [2.05, 4.69) is 41.2 Å². The van der Waals surface area contributed by atoms with Crippen molar-refractivity contribution < 1.29 is 67.6 Å². The topological polar surface area (TPSA) is 267 Å². The zero-order chi connectivity index (χ0) is 54.9. The molecule has 0 radical (unpaired) electrons. The Kier molecular flexibility index (Phi) is 48.1. The van der Waals surface area contributed by atoms with E-state index < -0.39 is 68.5 Å². The number of unbranched alkanes of at least 4 members (excludes halogenated alkanes) is 25. The zero-order valence-electron chi connectivity index (χ0n) is 46.6. The first kappa shape index (κ1) is 71.3. The number of phosphoric ester groups is 1. The normalized spacial score (nSPS) is 13.7. The smallest absolute Gasteiger partial charge is 0.463 e. The van der Waals surface area contributed by atoms with Crippen molar-refractivity contribution in [3.8, 4) is 0 Å². The quantitative estimate of drug-likeness (QED) is 0.0160. The number of aliphatic hydroxyl groups excluding tert-OH is 3. The molecule has 3 amide bonds. The van der Waals surface area contributed by atoms with Gasteiger partial charge in [0.05, 0.1) is 44.3 Å². The van der Waals surface area contributed by atoms with Gasteiger partial charge in [0, 0.05) is 25.8 Å². The Morgan fingerprint density at radius 1 is 0.500 bits per heavy atom. The minimum atomic E-state index is -4.88. The fourth-order valence-corrected chi connectivity index (χ4v) is 9.25. The van der Waals surface area contributed by atoms with Crippen LogP contribution in [0.2, 0.25) is 0 Å². The maximum Gasteiger partial charge on any atom is 0.469 e. The van der Waals surface area contributed by atoms with Gasteiger partial charge in [-0.3, -0.25) is 28.5 Å². The Morgan fingerprint density at radius 2 is 0.946 bits per heavy atom. The summed E-state index contributed by atoms with van der Waals surface area (Å²) in [6.07, 6.45) is 30.2. The molecule has 0 saturated carbocycles. The van der Waals surface area contributed by atoms with Gasteiger partial charge in [-0.1, -0.05) is 188 Å². The molecule has 3 unspecified atom stereocenters. The SMILES string of the molecule is CCCCCCCCCCCC(=O)O[C@H](CCCCCCCCCCC)CC(=O)NC(CCOP(=O)(O)O)C(=O)NCCCC(COC(=O)CCCCC(O)CO)NC(=O)C[C@H](O)CCCCCCCCCCC. The maximum absolute atomic E-state index is 13.6. The predicted octanol–water partition coefficient (Wildman–Crippen LogP) is 10.6. The number of aliphatic hydroxyl groups is 3. The molecule has 0 aromatic rings. The Morgan fingerprint density at radius 3 is 1.47 bits per heavy atom. The molecule has 17 nitrogen and oxygen atoms in total. The van der Waals surface area contributed by atoms with Crippen molar-refractivity contribution in [3.63, 3.8) is 0 Å². The van der Waals surface area contributed by atoms with E-state index in [1.54, 1.807) is 0 Å². The summed E-state index contributed by atoms with van der Waals surface area (Å²) < 4.78 is 27.5. The molecule has 0 rings (SSSR count). The second-order valence-corrected chi connectivity index (χ2v) is 21.9. The van der Waals surface area contributed by atoms with Crippen LogP contribution in [0.15, 0.2) is 0 Å². The summed E-state index contributed by atoms with van der Waals surface area (Å²) >= 11 is 0. The lowest BCUT2D eigenvalue weighted by molar-refractivity contribution is -0.151. The molecule has 0 saturated heterocycles. The number of hydrogen-bond acceptors (Lipinski definition) is 12. The Labute approximate surface area is 447 Å². The molecule has 0 heterocycles. The first-order chi connectivity index (χ1) is 35.6. The van der Waals surface area contributed by atoms with E-state index in [9.17, 15) is 48.5 Å². The van der Waals surface area contributed by atoms with Crippen LogP contribution in [0.5, 0.6) is 0 Å². The minimum absolute atomic E-state index is 0.0665. The summed E-state index contributed by atoms with van der Waals surface area (Å²) in [7, 11) is -4.88. The first-order valence-electron chi connectivity index (χ1n) is 29.5. The summed E-state index contributed by atoms with van der Waals surface area (Å²) in [5.74, 6) is -2.47. The lowest BCUT2D eigenvalue weighted by Crippen LogP contribution is -2.48. The number of nitrogens with one attached hydrogen (secondary N) is 3. The molecule has 5 atom stereocenters. The number of phosphoric acid groups is 1. The summed E-state index contributed by atoms with van der Waals surface area (Å²) in [5.41, 5.74) is 0. The summed E-state index contributed by atoms with van der Waals surface area (Å²) in [6, 6.07) is -1.90. The van der Waals surface area contributed by atoms with E-state index in [-0.39, 0.29) is 64.3 Å². The highest BCUT2D eigenvalue weighted by molar-refractivity contribution is 7.46. The predicted molar refractivity (Wildman–Crippen MR) is 292 cm³/mol. The van der Waals surface area contributed by atoms with E-state index >= 15 is 0 Å². The molecular weight excluding hydrogens is 970 g/mol. The molecule has 436 valence electrons. The molecule has 0 aromatic heterocycles. The van der Waals surface area contributed by atoms with Crippen molar-refractivity contribution in [2.45, 2.75) is 302 Å². The standard InChI is InChI=1S/C56H108N3O14P/c1-4-7-10-13-16-19-22-25-28-35-48(61)43-52(63)58-47(46-71-54(65)38-32-31-36-49(62)45-60)34-33-41-57-56(67)51(40-42-72-74(68,69)70)59-53(64)44-50(37-29-26-23-20-17-14-11-8-5-2)73-55(66)39-30-27-24-21-18-15-12-9-6-3/h47-51,60-62H,4-46H2,1-3H3,(H,57,67)(H,58,63)(H,59,64)(H2,68,69,70)/t47?,48-,49?,50-,51?/m1/s1. The van der Waals surface area contributed by atoms with Crippen LogP contribution in [0.1, 0.15) is 271 Å². The van der Waals surface area contributed by atoms with E-state index in [1.807, 2.05) is 0 Å². The number of esters is 2. The van der Waals surface area contributed by atoms with E-state index in [0.29, 0.717) is 44.9 Å². The summed E-state index contributed by atoms with van der Waals surface area (Å²) in [4.78, 5) is 84.6. The van der Waals surface area contributed by atoms with E-state index in [1.165, 1.54) is 96.3 Å². The Balaban J connectivity index is 5.61. The maximum atomic E-state index is 13.6. The van der Waals surface area contributed by atoms with Crippen molar-refractivity contribution in [2.24, 2.45) is 0 Å². The number of hydrogen-bond donors (Lipinski definition) is 8. The molecule has 0 aliphatic carbocycles. The van der Waals surface area contributed by atoms with Crippen LogP contribution in [0.4, 0.5) is 0 Å². The van der Waals surface area contributed by atoms with E-state index in [4.69, 9.17) is 14.6 Å². The van der Waals surface area contributed by atoms with Crippen LogP contribution in [-0.2, 0) is 42.5 Å².